The minimum Gasteiger partial charge on any atom is -0.0877 e. The Bertz CT molecular complexity index is 792. The molecule has 2 aromatic carbocycles. The molecule has 0 atom stereocenters. The average molecular weight is 400 g/mol. The topological polar surface area (TPSA) is 0 Å². The monoisotopic (exact) mass is 400 g/mol. The van der Waals surface area contributed by atoms with Gasteiger partial charge < -0.3 is 0 Å². The van der Waals surface area contributed by atoms with Gasteiger partial charge in [0.15, 0.2) is 0 Å². The van der Waals surface area contributed by atoms with Gasteiger partial charge in [-0.05, 0) is 88.0 Å². The molecule has 1 aliphatic carbocycles. The number of allylic oxidation sites excluding steroid dienone is 4. The van der Waals surface area contributed by atoms with Gasteiger partial charge >= 0.3 is 0 Å². The minimum absolute atomic E-state index is 0.0722. The van der Waals surface area contributed by atoms with Gasteiger partial charge in [-0.2, -0.15) is 0 Å². The van der Waals surface area contributed by atoms with E-state index in [-0.39, 0.29) is 5.41 Å². The number of hydrogen-bond donors (Lipinski definition) is 0. The molecule has 0 fully saturated rings. The van der Waals surface area contributed by atoms with Crippen LogP contribution in [0, 0.1) is 3.57 Å². The molecule has 3 rings (SSSR count). The van der Waals surface area contributed by atoms with Crippen molar-refractivity contribution in [3.05, 3.63) is 74.9 Å². The van der Waals surface area contributed by atoms with E-state index in [4.69, 9.17) is 0 Å². The van der Waals surface area contributed by atoms with Crippen molar-refractivity contribution in [2.24, 2.45) is 0 Å². The molecule has 0 amide bonds. The molecule has 0 heterocycles. The Morgan fingerprint density at radius 2 is 1.64 bits per heavy atom. The molecule has 112 valence electrons. The van der Waals surface area contributed by atoms with Gasteiger partial charge in [0.1, 0.15) is 0 Å². The highest BCUT2D eigenvalue weighted by molar-refractivity contribution is 14.1. The summed E-state index contributed by atoms with van der Waals surface area (Å²) >= 11 is 2.41. The molecule has 0 radical (unpaired) electrons. The standard InChI is InChI=1S/C21H21I/c1-5-6-7-14(2)15-8-10-17-18-11-9-16(22)13-20(18)21(3,4)19(17)12-15/h5-13H,1-4H3/b6-5-,14-7+. The Kier molecular flexibility index (Phi) is 4.02. The number of hydrogen-bond acceptors (Lipinski definition) is 0. The molecule has 0 aliphatic heterocycles. The van der Waals surface area contributed by atoms with E-state index in [0.717, 1.165) is 0 Å². The first kappa shape index (κ1) is 15.5. The highest BCUT2D eigenvalue weighted by Crippen LogP contribution is 2.49. The first-order valence-corrected chi connectivity index (χ1v) is 8.78. The fraction of sp³-hybridized carbons (Fsp3) is 0.238. The molecule has 2 aromatic rings. The molecule has 0 bridgehead atoms. The lowest BCUT2D eigenvalue weighted by atomic mass is 9.81. The molecular weight excluding hydrogens is 379 g/mol. The third-order valence-corrected chi connectivity index (χ3v) is 5.30. The van der Waals surface area contributed by atoms with E-state index in [1.54, 1.807) is 0 Å². The number of fused-ring (bicyclic) bond motifs is 3. The second kappa shape index (κ2) is 5.69. The zero-order valence-corrected chi connectivity index (χ0v) is 15.7. The molecule has 0 saturated carbocycles. The van der Waals surface area contributed by atoms with Crippen LogP contribution in [0.1, 0.15) is 44.4 Å². The van der Waals surface area contributed by atoms with Crippen LogP contribution in [0.2, 0.25) is 0 Å². The number of halogens is 1. The van der Waals surface area contributed by atoms with E-state index >= 15 is 0 Å². The summed E-state index contributed by atoms with van der Waals surface area (Å²) in [5.74, 6) is 0. The molecule has 0 saturated heterocycles. The van der Waals surface area contributed by atoms with Crippen LogP contribution in [-0.2, 0) is 5.41 Å². The minimum atomic E-state index is 0.0722. The van der Waals surface area contributed by atoms with Gasteiger partial charge in [-0.1, -0.05) is 50.3 Å². The number of benzene rings is 2. The van der Waals surface area contributed by atoms with Crippen LogP contribution in [0.4, 0.5) is 0 Å². The van der Waals surface area contributed by atoms with Crippen molar-refractivity contribution in [1.29, 1.82) is 0 Å². The molecule has 0 nitrogen and oxygen atoms in total. The van der Waals surface area contributed by atoms with E-state index in [9.17, 15) is 0 Å². The van der Waals surface area contributed by atoms with Crippen molar-refractivity contribution in [2.75, 3.05) is 0 Å². The van der Waals surface area contributed by atoms with E-state index in [2.05, 4.69) is 98.0 Å². The molecule has 0 aromatic heterocycles. The largest absolute Gasteiger partial charge is 0.0877 e. The van der Waals surface area contributed by atoms with Gasteiger partial charge in [0.05, 0.1) is 0 Å². The van der Waals surface area contributed by atoms with E-state index < -0.39 is 0 Å². The third kappa shape index (κ3) is 2.45. The lowest BCUT2D eigenvalue weighted by Gasteiger charge is -2.22. The summed E-state index contributed by atoms with van der Waals surface area (Å²) in [4.78, 5) is 0. The SMILES string of the molecule is C/C=C\C=C(/C)c1ccc2c(c1)C(C)(C)c1cc(I)ccc1-2. The molecule has 0 N–H and O–H groups in total. The fourth-order valence-corrected chi connectivity index (χ4v) is 3.78. The molecule has 0 spiro atoms. The third-order valence-electron chi connectivity index (χ3n) is 4.63. The summed E-state index contributed by atoms with van der Waals surface area (Å²) in [7, 11) is 0. The second-order valence-corrected chi connectivity index (χ2v) is 7.70. The normalized spacial score (nSPS) is 16.0. The van der Waals surface area contributed by atoms with Crippen LogP contribution < -0.4 is 0 Å². The lowest BCUT2D eigenvalue weighted by molar-refractivity contribution is 0.659. The van der Waals surface area contributed by atoms with Crippen molar-refractivity contribution in [3.8, 4) is 11.1 Å². The van der Waals surface area contributed by atoms with Gasteiger partial charge in [0.2, 0.25) is 0 Å². The Labute approximate surface area is 147 Å². The van der Waals surface area contributed by atoms with Gasteiger partial charge in [-0.25, -0.2) is 0 Å². The zero-order chi connectivity index (χ0) is 15.9. The molecule has 0 unspecified atom stereocenters. The van der Waals surface area contributed by atoms with Gasteiger partial charge in [0.25, 0.3) is 0 Å². The van der Waals surface area contributed by atoms with Crippen LogP contribution in [0.5, 0.6) is 0 Å². The summed E-state index contributed by atoms with van der Waals surface area (Å²) in [5, 5.41) is 0. The summed E-state index contributed by atoms with van der Waals surface area (Å²) in [5.41, 5.74) is 8.36. The second-order valence-electron chi connectivity index (χ2n) is 6.45. The van der Waals surface area contributed by atoms with Crippen LogP contribution in [0.3, 0.4) is 0 Å². The maximum Gasteiger partial charge on any atom is 0.0159 e. The lowest BCUT2D eigenvalue weighted by Crippen LogP contribution is -2.15. The van der Waals surface area contributed by atoms with Gasteiger partial charge in [0, 0.05) is 8.99 Å². The summed E-state index contributed by atoms with van der Waals surface area (Å²) in [6.07, 6.45) is 6.35. The van der Waals surface area contributed by atoms with Crippen LogP contribution in [0.25, 0.3) is 16.7 Å². The number of rotatable bonds is 2. The van der Waals surface area contributed by atoms with Crippen LogP contribution in [-0.4, -0.2) is 0 Å². The Hall–Kier alpha value is -1.35. The maximum atomic E-state index is 2.41. The Balaban J connectivity index is 2.17. The maximum absolute atomic E-state index is 2.41. The summed E-state index contributed by atoms with van der Waals surface area (Å²) in [6, 6.07) is 13.7. The summed E-state index contributed by atoms with van der Waals surface area (Å²) < 4.78 is 1.31. The smallest absolute Gasteiger partial charge is 0.0159 e. The van der Waals surface area contributed by atoms with Crippen LogP contribution >= 0.6 is 22.6 Å². The van der Waals surface area contributed by atoms with Crippen molar-refractivity contribution >= 4 is 28.2 Å². The molecule has 22 heavy (non-hydrogen) atoms. The molecule has 1 heteroatoms. The van der Waals surface area contributed by atoms with E-state index in [1.807, 2.05) is 6.92 Å². The molecule has 1 aliphatic rings. The first-order chi connectivity index (χ1) is 10.4. The zero-order valence-electron chi connectivity index (χ0n) is 13.6. The van der Waals surface area contributed by atoms with Crippen molar-refractivity contribution in [1.82, 2.24) is 0 Å². The average Bonchev–Trinajstić information content (AvgIpc) is 2.72. The van der Waals surface area contributed by atoms with E-state index in [0.29, 0.717) is 0 Å². The van der Waals surface area contributed by atoms with Crippen LogP contribution in [0.15, 0.2) is 54.6 Å². The highest BCUT2D eigenvalue weighted by Gasteiger charge is 2.35. The predicted octanol–water partition coefficient (Wildman–Crippen LogP) is 6.58. The Morgan fingerprint density at radius 1 is 1.00 bits per heavy atom. The van der Waals surface area contributed by atoms with Gasteiger partial charge in [-0.15, -0.1) is 0 Å². The summed E-state index contributed by atoms with van der Waals surface area (Å²) in [6.45, 7) is 8.90. The highest BCUT2D eigenvalue weighted by atomic mass is 127. The molecular formula is C21H21I. The Morgan fingerprint density at radius 3 is 2.32 bits per heavy atom. The first-order valence-electron chi connectivity index (χ1n) is 7.70. The fourth-order valence-electron chi connectivity index (χ4n) is 3.29. The van der Waals surface area contributed by atoms with E-state index in [1.165, 1.54) is 37.0 Å². The quantitative estimate of drug-likeness (QED) is 0.395. The van der Waals surface area contributed by atoms with Gasteiger partial charge in [-0.3, -0.25) is 0 Å². The van der Waals surface area contributed by atoms with Crippen molar-refractivity contribution < 1.29 is 0 Å². The van der Waals surface area contributed by atoms with Crippen molar-refractivity contribution in [2.45, 2.75) is 33.1 Å². The predicted molar refractivity (Wildman–Crippen MR) is 105 cm³/mol. The van der Waals surface area contributed by atoms with Crippen molar-refractivity contribution in [3.63, 3.8) is 0 Å².